The Morgan fingerprint density at radius 1 is 1.16 bits per heavy atom. The van der Waals surface area contributed by atoms with Gasteiger partial charge < -0.3 is 9.30 Å². The van der Waals surface area contributed by atoms with Crippen LogP contribution in [0.15, 0.2) is 65.7 Å². The van der Waals surface area contributed by atoms with Crippen molar-refractivity contribution in [1.82, 2.24) is 19.7 Å². The average Bonchev–Trinajstić information content (AvgIpc) is 3.22. The predicted molar refractivity (Wildman–Crippen MR) is 119 cm³/mol. The summed E-state index contributed by atoms with van der Waals surface area (Å²) in [6.45, 7) is 0.305. The van der Waals surface area contributed by atoms with Gasteiger partial charge in [0.2, 0.25) is 10.7 Å². The number of carbonyl (C=O) groups excluding carboxylic acids is 1. The Morgan fingerprint density at radius 3 is 2.74 bits per heavy atom. The molecule has 0 saturated carbocycles. The molecule has 0 aliphatic rings. The van der Waals surface area contributed by atoms with Crippen molar-refractivity contribution < 1.29 is 9.53 Å². The van der Waals surface area contributed by atoms with E-state index in [9.17, 15) is 9.59 Å². The first-order valence-corrected chi connectivity index (χ1v) is 10.3. The number of carbonyl (C=O) groups is 1. The number of aryl methyl sites for hydroxylation is 1. The van der Waals surface area contributed by atoms with Crippen LogP contribution < -0.4 is 15.6 Å². The third kappa shape index (κ3) is 4.96. The molecule has 0 spiro atoms. The van der Waals surface area contributed by atoms with Gasteiger partial charge in [-0.05, 0) is 47.2 Å². The number of ether oxygens (including phenoxy) is 1. The van der Waals surface area contributed by atoms with Crippen LogP contribution in [-0.4, -0.2) is 25.7 Å². The summed E-state index contributed by atoms with van der Waals surface area (Å²) < 4.78 is 7.05. The number of hydrogen-bond acceptors (Lipinski definition) is 7. The minimum Gasteiger partial charge on any atom is -0.464 e. The van der Waals surface area contributed by atoms with Crippen LogP contribution in [-0.2, 0) is 13.7 Å². The van der Waals surface area contributed by atoms with Gasteiger partial charge in [-0.2, -0.15) is 0 Å². The Kier molecular flexibility index (Phi) is 6.06. The summed E-state index contributed by atoms with van der Waals surface area (Å²) in [6.07, 6.45) is 3.22. The van der Waals surface area contributed by atoms with Crippen molar-refractivity contribution in [2.75, 3.05) is 5.32 Å². The fraction of sp³-hybridized carbons (Fsp3) is 0.0952. The quantitative estimate of drug-likeness (QED) is 0.477. The van der Waals surface area contributed by atoms with E-state index < -0.39 is 5.91 Å². The summed E-state index contributed by atoms with van der Waals surface area (Å²) in [5.41, 5.74) is 2.24. The number of amides is 1. The molecule has 1 N–H and O–H groups in total. The van der Waals surface area contributed by atoms with Gasteiger partial charge in [0.25, 0.3) is 11.1 Å². The summed E-state index contributed by atoms with van der Waals surface area (Å²) in [5.74, 6) is -0.391. The van der Waals surface area contributed by atoms with Crippen LogP contribution in [0.25, 0.3) is 11.3 Å². The third-order valence-electron chi connectivity index (χ3n) is 4.31. The second kappa shape index (κ2) is 9.07. The van der Waals surface area contributed by atoms with Gasteiger partial charge in [0.05, 0.1) is 11.3 Å². The first-order valence-electron chi connectivity index (χ1n) is 9.14. The lowest BCUT2D eigenvalue weighted by atomic mass is 10.1. The SMILES string of the molecule is Cn1cc(-c2ncccc2C(=O)Nc2nnc(OCc3ccc(Cl)cc3)s2)ccc1=O. The predicted octanol–water partition coefficient (Wildman–Crippen LogP) is 3.78. The van der Waals surface area contributed by atoms with Gasteiger partial charge in [0, 0.05) is 36.1 Å². The van der Waals surface area contributed by atoms with Gasteiger partial charge >= 0.3 is 0 Å². The first-order chi connectivity index (χ1) is 15.0. The fourth-order valence-electron chi connectivity index (χ4n) is 2.76. The largest absolute Gasteiger partial charge is 0.464 e. The molecule has 0 aliphatic heterocycles. The van der Waals surface area contributed by atoms with Crippen LogP contribution in [0.2, 0.25) is 5.02 Å². The van der Waals surface area contributed by atoms with E-state index in [1.165, 1.54) is 10.6 Å². The number of benzene rings is 1. The minimum absolute atomic E-state index is 0.148. The van der Waals surface area contributed by atoms with Gasteiger partial charge in [-0.3, -0.25) is 19.9 Å². The molecule has 4 rings (SSSR count). The molecule has 0 atom stereocenters. The molecule has 0 unspecified atom stereocenters. The molecule has 31 heavy (non-hydrogen) atoms. The highest BCUT2D eigenvalue weighted by molar-refractivity contribution is 7.17. The molecule has 0 aliphatic carbocycles. The number of halogens is 1. The molecule has 1 amide bonds. The highest BCUT2D eigenvalue weighted by Gasteiger charge is 2.17. The smallest absolute Gasteiger partial charge is 0.296 e. The van der Waals surface area contributed by atoms with Crippen LogP contribution in [0, 0.1) is 0 Å². The summed E-state index contributed by atoms with van der Waals surface area (Å²) in [7, 11) is 1.64. The summed E-state index contributed by atoms with van der Waals surface area (Å²) in [4.78, 5) is 28.8. The molecule has 1 aromatic carbocycles. The van der Waals surface area contributed by atoms with Crippen LogP contribution in [0.1, 0.15) is 15.9 Å². The number of pyridine rings is 2. The molecule has 3 heterocycles. The first kappa shape index (κ1) is 20.7. The van der Waals surface area contributed by atoms with Gasteiger partial charge in [0.15, 0.2) is 0 Å². The summed E-state index contributed by atoms with van der Waals surface area (Å²) in [6, 6.07) is 13.7. The Balaban J connectivity index is 1.47. The molecule has 0 fully saturated rings. The summed E-state index contributed by atoms with van der Waals surface area (Å²) >= 11 is 6.99. The van der Waals surface area contributed by atoms with Gasteiger partial charge in [-0.15, -0.1) is 5.10 Å². The molecule has 4 aromatic rings. The van der Waals surface area contributed by atoms with Crippen LogP contribution >= 0.6 is 22.9 Å². The van der Waals surface area contributed by atoms with E-state index in [1.807, 2.05) is 12.1 Å². The molecule has 8 nitrogen and oxygen atoms in total. The highest BCUT2D eigenvalue weighted by Crippen LogP contribution is 2.26. The maximum atomic E-state index is 12.8. The highest BCUT2D eigenvalue weighted by atomic mass is 35.5. The maximum Gasteiger partial charge on any atom is 0.296 e. The zero-order chi connectivity index (χ0) is 21.8. The van der Waals surface area contributed by atoms with E-state index in [-0.39, 0.29) is 5.56 Å². The van der Waals surface area contributed by atoms with Crippen molar-refractivity contribution in [3.8, 4) is 16.5 Å². The summed E-state index contributed by atoms with van der Waals surface area (Å²) in [5, 5.41) is 11.9. The molecule has 0 saturated heterocycles. The monoisotopic (exact) mass is 453 g/mol. The molecule has 10 heteroatoms. The van der Waals surface area contributed by atoms with Gasteiger partial charge in [-0.1, -0.05) is 28.8 Å². The number of nitrogens with zero attached hydrogens (tertiary/aromatic N) is 4. The topological polar surface area (TPSA) is 99.0 Å². The lowest BCUT2D eigenvalue weighted by Gasteiger charge is -2.08. The molecular formula is C21H16ClN5O3S. The molecule has 156 valence electrons. The number of aromatic nitrogens is 4. The molecule has 3 aromatic heterocycles. The van der Waals surface area contributed by atoms with E-state index >= 15 is 0 Å². The minimum atomic E-state index is -0.391. The van der Waals surface area contributed by atoms with E-state index in [2.05, 4.69) is 20.5 Å². The second-order valence-electron chi connectivity index (χ2n) is 6.51. The van der Waals surface area contributed by atoms with Crippen LogP contribution in [0.4, 0.5) is 5.13 Å². The van der Waals surface area contributed by atoms with Crippen molar-refractivity contribution in [1.29, 1.82) is 0 Å². The van der Waals surface area contributed by atoms with Gasteiger partial charge in [0.1, 0.15) is 6.61 Å². The zero-order valence-corrected chi connectivity index (χ0v) is 17.9. The Labute approximate surface area is 186 Å². The molecule has 0 bridgehead atoms. The van der Waals surface area contributed by atoms with E-state index in [0.717, 1.165) is 16.9 Å². The number of anilines is 1. The van der Waals surface area contributed by atoms with Crippen molar-refractivity contribution >= 4 is 34.0 Å². The van der Waals surface area contributed by atoms with Crippen LogP contribution in [0.3, 0.4) is 0 Å². The second-order valence-corrected chi connectivity index (χ2v) is 7.89. The number of hydrogen-bond donors (Lipinski definition) is 1. The Hall–Kier alpha value is -3.56. The number of nitrogens with one attached hydrogen (secondary N) is 1. The Bertz CT molecular complexity index is 1290. The van der Waals surface area contributed by atoms with Gasteiger partial charge in [-0.25, -0.2) is 0 Å². The normalized spacial score (nSPS) is 10.6. The van der Waals surface area contributed by atoms with Crippen molar-refractivity contribution in [3.05, 3.63) is 87.4 Å². The maximum absolute atomic E-state index is 12.8. The van der Waals surface area contributed by atoms with Crippen molar-refractivity contribution in [2.24, 2.45) is 7.05 Å². The third-order valence-corrected chi connectivity index (χ3v) is 5.32. The standard InChI is InChI=1S/C21H16ClN5O3S/c1-27-11-14(6-9-17(27)28)18-16(3-2-10-23-18)19(29)24-20-25-26-21(31-20)30-12-13-4-7-15(22)8-5-13/h2-11H,12H2,1H3,(H,24,25,29). The Morgan fingerprint density at radius 2 is 1.97 bits per heavy atom. The molecule has 0 radical (unpaired) electrons. The van der Waals surface area contributed by atoms with Crippen molar-refractivity contribution in [2.45, 2.75) is 6.61 Å². The number of rotatable bonds is 6. The van der Waals surface area contributed by atoms with Crippen LogP contribution in [0.5, 0.6) is 5.19 Å². The average molecular weight is 454 g/mol. The van der Waals surface area contributed by atoms with E-state index in [4.69, 9.17) is 16.3 Å². The zero-order valence-electron chi connectivity index (χ0n) is 16.3. The fourth-order valence-corrected chi connectivity index (χ4v) is 3.48. The lowest BCUT2D eigenvalue weighted by Crippen LogP contribution is -2.16. The van der Waals surface area contributed by atoms with Crippen molar-refractivity contribution in [3.63, 3.8) is 0 Å². The van der Waals surface area contributed by atoms with E-state index in [0.29, 0.717) is 38.8 Å². The molecular weight excluding hydrogens is 438 g/mol. The van der Waals surface area contributed by atoms with E-state index in [1.54, 1.807) is 49.8 Å². The lowest BCUT2D eigenvalue weighted by molar-refractivity contribution is 0.102.